The fourth-order valence-corrected chi connectivity index (χ4v) is 3.00. The van der Waals surface area contributed by atoms with Crippen molar-refractivity contribution in [2.75, 3.05) is 24.5 Å². The summed E-state index contributed by atoms with van der Waals surface area (Å²) in [6.07, 6.45) is 4.01. The van der Waals surface area contributed by atoms with Gasteiger partial charge in [0.15, 0.2) is 0 Å². The van der Waals surface area contributed by atoms with Crippen molar-refractivity contribution < 1.29 is 0 Å². The summed E-state index contributed by atoms with van der Waals surface area (Å²) >= 11 is 6.28. The SMILES string of the molecule is CC1(C)CNCCN1c1c(Cl)cnn(CC2CC2)c1=O. The molecule has 1 saturated carbocycles. The van der Waals surface area contributed by atoms with Gasteiger partial charge in [-0.15, -0.1) is 0 Å². The molecule has 5 nitrogen and oxygen atoms in total. The highest BCUT2D eigenvalue weighted by molar-refractivity contribution is 6.33. The zero-order valence-corrected chi connectivity index (χ0v) is 12.8. The van der Waals surface area contributed by atoms with Crippen LogP contribution in [-0.2, 0) is 6.54 Å². The molecule has 0 spiro atoms. The lowest BCUT2D eigenvalue weighted by Crippen LogP contribution is -2.59. The minimum absolute atomic E-state index is 0.0561. The van der Waals surface area contributed by atoms with E-state index in [4.69, 9.17) is 11.6 Å². The summed E-state index contributed by atoms with van der Waals surface area (Å²) < 4.78 is 1.58. The average Bonchev–Trinajstić information content (AvgIpc) is 3.19. The van der Waals surface area contributed by atoms with Gasteiger partial charge in [-0.2, -0.15) is 5.10 Å². The van der Waals surface area contributed by atoms with Gasteiger partial charge < -0.3 is 10.2 Å². The van der Waals surface area contributed by atoms with Crippen LogP contribution in [0.15, 0.2) is 11.0 Å². The summed E-state index contributed by atoms with van der Waals surface area (Å²) in [5.41, 5.74) is 0.424. The van der Waals surface area contributed by atoms with Gasteiger partial charge in [0.05, 0.1) is 11.2 Å². The number of halogens is 1. The van der Waals surface area contributed by atoms with Gasteiger partial charge in [-0.1, -0.05) is 11.6 Å². The second-order valence-corrected chi connectivity index (χ2v) is 6.82. The molecule has 0 bridgehead atoms. The van der Waals surface area contributed by atoms with Crippen molar-refractivity contribution in [3.63, 3.8) is 0 Å². The molecule has 0 unspecified atom stereocenters. The number of hydrogen-bond donors (Lipinski definition) is 1. The quantitative estimate of drug-likeness (QED) is 0.918. The molecular formula is C14H21ClN4O. The zero-order chi connectivity index (χ0) is 14.3. The number of piperazine rings is 1. The third-order valence-corrected chi connectivity index (χ3v) is 4.45. The van der Waals surface area contributed by atoms with Crippen LogP contribution in [0.2, 0.25) is 5.02 Å². The van der Waals surface area contributed by atoms with Gasteiger partial charge in [0, 0.05) is 31.7 Å². The van der Waals surface area contributed by atoms with E-state index in [1.165, 1.54) is 12.8 Å². The first kappa shape index (κ1) is 13.9. The van der Waals surface area contributed by atoms with Crippen molar-refractivity contribution in [1.82, 2.24) is 15.1 Å². The molecule has 2 heterocycles. The van der Waals surface area contributed by atoms with E-state index >= 15 is 0 Å². The summed E-state index contributed by atoms with van der Waals surface area (Å²) in [4.78, 5) is 14.8. The molecule has 0 radical (unpaired) electrons. The topological polar surface area (TPSA) is 50.2 Å². The van der Waals surface area contributed by atoms with Crippen molar-refractivity contribution >= 4 is 17.3 Å². The van der Waals surface area contributed by atoms with Crippen LogP contribution < -0.4 is 15.8 Å². The molecule has 1 aromatic rings. The molecule has 0 amide bonds. The summed E-state index contributed by atoms with van der Waals surface area (Å²) in [7, 11) is 0. The maximum absolute atomic E-state index is 12.7. The predicted octanol–water partition coefficient (Wildman–Crippen LogP) is 1.49. The summed E-state index contributed by atoms with van der Waals surface area (Å²) in [5.74, 6) is 0.616. The van der Waals surface area contributed by atoms with Gasteiger partial charge in [0.1, 0.15) is 5.69 Å². The third kappa shape index (κ3) is 2.56. The predicted molar refractivity (Wildman–Crippen MR) is 80.5 cm³/mol. The Morgan fingerprint density at radius 2 is 2.25 bits per heavy atom. The largest absolute Gasteiger partial charge is 0.358 e. The molecule has 1 saturated heterocycles. The molecule has 110 valence electrons. The second-order valence-electron chi connectivity index (χ2n) is 6.41. The van der Waals surface area contributed by atoms with Crippen LogP contribution in [-0.4, -0.2) is 35.0 Å². The van der Waals surface area contributed by atoms with Gasteiger partial charge in [-0.05, 0) is 32.6 Å². The van der Waals surface area contributed by atoms with E-state index < -0.39 is 0 Å². The molecule has 1 N–H and O–H groups in total. The van der Waals surface area contributed by atoms with Crippen molar-refractivity contribution in [2.45, 2.75) is 38.8 Å². The minimum Gasteiger partial charge on any atom is -0.358 e. The minimum atomic E-state index is -0.125. The molecule has 1 aliphatic carbocycles. The maximum atomic E-state index is 12.7. The second kappa shape index (κ2) is 5.04. The van der Waals surface area contributed by atoms with Crippen molar-refractivity contribution in [2.24, 2.45) is 5.92 Å². The number of nitrogens with zero attached hydrogens (tertiary/aromatic N) is 3. The Kier molecular flexibility index (Phi) is 3.50. The van der Waals surface area contributed by atoms with E-state index in [1.807, 2.05) is 0 Å². The normalized spacial score (nSPS) is 22.1. The van der Waals surface area contributed by atoms with E-state index in [-0.39, 0.29) is 11.1 Å². The molecule has 2 fully saturated rings. The highest BCUT2D eigenvalue weighted by Gasteiger charge is 2.33. The molecular weight excluding hydrogens is 276 g/mol. The van der Waals surface area contributed by atoms with Crippen LogP contribution in [0, 0.1) is 5.92 Å². The molecule has 1 aliphatic heterocycles. The number of aromatic nitrogens is 2. The lowest BCUT2D eigenvalue weighted by molar-refractivity contribution is 0.377. The van der Waals surface area contributed by atoms with Crippen LogP contribution in [0.25, 0.3) is 0 Å². The standard InChI is InChI=1S/C14H21ClN4O/c1-14(2)9-16-5-6-18(14)12-11(15)7-17-19(13(12)20)8-10-3-4-10/h7,10,16H,3-6,8-9H2,1-2H3. The van der Waals surface area contributed by atoms with Crippen LogP contribution >= 0.6 is 11.6 Å². The molecule has 20 heavy (non-hydrogen) atoms. The van der Waals surface area contributed by atoms with Crippen molar-refractivity contribution in [3.05, 3.63) is 21.6 Å². The highest BCUT2D eigenvalue weighted by Crippen LogP contribution is 2.31. The summed E-state index contributed by atoms with van der Waals surface area (Å²) in [6, 6.07) is 0. The lowest BCUT2D eigenvalue weighted by atomic mass is 9.99. The van der Waals surface area contributed by atoms with Gasteiger partial charge in [0.25, 0.3) is 5.56 Å². The maximum Gasteiger partial charge on any atom is 0.291 e. The van der Waals surface area contributed by atoms with E-state index in [2.05, 4.69) is 29.2 Å². The van der Waals surface area contributed by atoms with Gasteiger partial charge in [-0.3, -0.25) is 4.79 Å². The van der Waals surface area contributed by atoms with Gasteiger partial charge in [0.2, 0.25) is 0 Å². The Labute approximate surface area is 123 Å². The summed E-state index contributed by atoms with van der Waals surface area (Å²) in [5, 5.41) is 8.01. The monoisotopic (exact) mass is 296 g/mol. The first-order valence-corrected chi connectivity index (χ1v) is 7.61. The molecule has 6 heteroatoms. The van der Waals surface area contributed by atoms with E-state index in [0.29, 0.717) is 16.6 Å². The van der Waals surface area contributed by atoms with Gasteiger partial charge >= 0.3 is 0 Å². The van der Waals surface area contributed by atoms with Crippen LogP contribution in [0.5, 0.6) is 0 Å². The molecule has 1 aromatic heterocycles. The Hall–Kier alpha value is -1.07. The Morgan fingerprint density at radius 3 is 2.90 bits per heavy atom. The lowest BCUT2D eigenvalue weighted by Gasteiger charge is -2.44. The molecule has 0 atom stereocenters. The van der Waals surface area contributed by atoms with Crippen molar-refractivity contribution in [3.8, 4) is 0 Å². The third-order valence-electron chi connectivity index (χ3n) is 4.17. The number of nitrogens with one attached hydrogen (secondary N) is 1. The van der Waals surface area contributed by atoms with E-state index in [1.54, 1.807) is 10.9 Å². The smallest absolute Gasteiger partial charge is 0.291 e. The van der Waals surface area contributed by atoms with E-state index in [9.17, 15) is 4.79 Å². The fourth-order valence-electron chi connectivity index (χ4n) is 2.78. The zero-order valence-electron chi connectivity index (χ0n) is 12.0. The molecule has 0 aromatic carbocycles. The molecule has 3 rings (SSSR count). The van der Waals surface area contributed by atoms with Crippen LogP contribution in [0.1, 0.15) is 26.7 Å². The Balaban J connectivity index is 2.00. The summed E-state index contributed by atoms with van der Waals surface area (Å²) in [6.45, 7) is 7.46. The molecule has 2 aliphatic rings. The highest BCUT2D eigenvalue weighted by atomic mass is 35.5. The number of hydrogen-bond acceptors (Lipinski definition) is 4. The van der Waals surface area contributed by atoms with Gasteiger partial charge in [-0.25, -0.2) is 4.68 Å². The fraction of sp³-hybridized carbons (Fsp3) is 0.714. The number of anilines is 1. The first-order chi connectivity index (χ1) is 9.49. The number of rotatable bonds is 3. The Bertz CT molecular complexity index is 565. The first-order valence-electron chi connectivity index (χ1n) is 7.23. The van der Waals surface area contributed by atoms with Crippen molar-refractivity contribution in [1.29, 1.82) is 0 Å². The van der Waals surface area contributed by atoms with E-state index in [0.717, 1.165) is 26.2 Å². The average molecular weight is 297 g/mol. The Morgan fingerprint density at radius 1 is 1.50 bits per heavy atom. The van der Waals surface area contributed by atoms with Crippen LogP contribution in [0.3, 0.4) is 0 Å². The van der Waals surface area contributed by atoms with Crippen LogP contribution in [0.4, 0.5) is 5.69 Å².